The molecule has 1 fully saturated rings. The first-order chi connectivity index (χ1) is 11.0. The second-order valence-corrected chi connectivity index (χ2v) is 6.73. The van der Waals surface area contributed by atoms with E-state index in [1.807, 2.05) is 0 Å². The Labute approximate surface area is 137 Å². The van der Waals surface area contributed by atoms with E-state index in [2.05, 4.69) is 10.1 Å². The molecule has 3 rings (SSSR count). The van der Waals surface area contributed by atoms with Crippen LogP contribution in [-0.4, -0.2) is 56.1 Å². The maximum absolute atomic E-state index is 13.0. The molecule has 122 valence electrons. The summed E-state index contributed by atoms with van der Waals surface area (Å²) in [6, 6.07) is 1.41. The number of pyridine rings is 1. The van der Waals surface area contributed by atoms with Crippen LogP contribution >= 0.6 is 11.8 Å². The summed E-state index contributed by atoms with van der Waals surface area (Å²) in [5.41, 5.74) is 2.09. The van der Waals surface area contributed by atoms with Gasteiger partial charge in [0.1, 0.15) is 0 Å². The maximum atomic E-state index is 13.0. The Bertz CT molecular complexity index is 773. The zero-order valence-electron chi connectivity index (χ0n) is 12.9. The van der Waals surface area contributed by atoms with Crippen LogP contribution in [0.1, 0.15) is 28.2 Å². The van der Waals surface area contributed by atoms with E-state index in [0.29, 0.717) is 40.3 Å². The molecule has 7 nitrogen and oxygen atoms in total. The second-order valence-electron chi connectivity index (χ2n) is 5.58. The van der Waals surface area contributed by atoms with E-state index in [4.69, 9.17) is 9.63 Å². The van der Waals surface area contributed by atoms with E-state index >= 15 is 0 Å². The van der Waals surface area contributed by atoms with Crippen molar-refractivity contribution >= 4 is 34.7 Å². The highest BCUT2D eigenvalue weighted by atomic mass is 32.2. The zero-order chi connectivity index (χ0) is 16.6. The number of carbonyl (C=O) groups excluding carboxylic acids is 1. The summed E-state index contributed by atoms with van der Waals surface area (Å²) in [5.74, 6) is 0.358. The van der Waals surface area contributed by atoms with Gasteiger partial charge in [0.25, 0.3) is 11.6 Å². The van der Waals surface area contributed by atoms with Gasteiger partial charge in [-0.1, -0.05) is 5.16 Å². The number of hydrogen-bond donors (Lipinski definition) is 1. The molecule has 0 bridgehead atoms. The third kappa shape index (κ3) is 3.03. The number of nitrogens with zero attached hydrogens (tertiary/aromatic N) is 3. The lowest BCUT2D eigenvalue weighted by Crippen LogP contribution is -2.47. The van der Waals surface area contributed by atoms with E-state index in [9.17, 15) is 9.59 Å². The molecule has 1 saturated heterocycles. The van der Waals surface area contributed by atoms with Gasteiger partial charge in [-0.05, 0) is 19.9 Å². The first-order valence-corrected chi connectivity index (χ1v) is 8.47. The van der Waals surface area contributed by atoms with Gasteiger partial charge in [-0.3, -0.25) is 9.59 Å². The Morgan fingerprint density at radius 2 is 2.26 bits per heavy atom. The molecular weight excluding hydrogens is 318 g/mol. The first kappa shape index (κ1) is 15.8. The number of carboxylic acids is 1. The monoisotopic (exact) mass is 335 g/mol. The Kier molecular flexibility index (Phi) is 4.25. The average Bonchev–Trinajstić information content (AvgIpc) is 2.87. The highest BCUT2D eigenvalue weighted by Gasteiger charge is 2.31. The highest BCUT2D eigenvalue weighted by Crippen LogP contribution is 2.26. The zero-order valence-corrected chi connectivity index (χ0v) is 13.7. The molecule has 23 heavy (non-hydrogen) atoms. The Hall–Kier alpha value is -2.09. The number of aromatic nitrogens is 2. The number of amides is 1. The van der Waals surface area contributed by atoms with Crippen LogP contribution in [0.2, 0.25) is 0 Å². The van der Waals surface area contributed by atoms with Gasteiger partial charge in [0.05, 0.1) is 29.1 Å². The van der Waals surface area contributed by atoms with E-state index in [0.717, 1.165) is 5.75 Å². The van der Waals surface area contributed by atoms with Gasteiger partial charge in [0, 0.05) is 23.7 Å². The van der Waals surface area contributed by atoms with Gasteiger partial charge in [-0.25, -0.2) is 4.98 Å². The molecule has 0 aliphatic carbocycles. The predicted molar refractivity (Wildman–Crippen MR) is 85.7 cm³/mol. The van der Waals surface area contributed by atoms with E-state index in [1.54, 1.807) is 36.6 Å². The largest absolute Gasteiger partial charge is 0.481 e. The average molecular weight is 335 g/mol. The van der Waals surface area contributed by atoms with Crippen molar-refractivity contribution in [1.82, 2.24) is 15.0 Å². The standard InChI is InChI=1S/C15H17N3O4S/c1-8-5-11(13-9(2)17-22-14(13)16-8)15(21)18-3-4-23-7-10(18)6-12(19)20/h5,10H,3-4,6-7H2,1-2H3,(H,19,20). The van der Waals surface area contributed by atoms with Gasteiger partial charge in [-0.15, -0.1) is 0 Å². The second kappa shape index (κ2) is 6.19. The maximum Gasteiger partial charge on any atom is 0.305 e. The number of aryl methyl sites for hydroxylation is 2. The fourth-order valence-electron chi connectivity index (χ4n) is 2.83. The van der Waals surface area contributed by atoms with Crippen molar-refractivity contribution in [3.8, 4) is 0 Å². The summed E-state index contributed by atoms with van der Waals surface area (Å²) in [6.45, 7) is 4.09. The van der Waals surface area contributed by atoms with Crippen LogP contribution in [0.5, 0.6) is 0 Å². The molecule has 3 heterocycles. The molecule has 2 aromatic heterocycles. The van der Waals surface area contributed by atoms with Crippen LogP contribution in [0.25, 0.3) is 11.1 Å². The lowest BCUT2D eigenvalue weighted by molar-refractivity contribution is -0.138. The molecule has 1 atom stereocenters. The normalized spacial score (nSPS) is 18.3. The molecule has 1 aliphatic heterocycles. The van der Waals surface area contributed by atoms with Crippen molar-refractivity contribution in [1.29, 1.82) is 0 Å². The Morgan fingerprint density at radius 3 is 3.00 bits per heavy atom. The summed E-state index contributed by atoms with van der Waals surface area (Å²) in [6.07, 6.45) is -0.0471. The van der Waals surface area contributed by atoms with E-state index in [1.165, 1.54) is 0 Å². The minimum absolute atomic E-state index is 0.0471. The fraction of sp³-hybridized carbons (Fsp3) is 0.467. The Morgan fingerprint density at radius 1 is 1.48 bits per heavy atom. The third-order valence-corrected chi connectivity index (χ3v) is 4.97. The number of rotatable bonds is 3. The minimum atomic E-state index is -0.896. The lowest BCUT2D eigenvalue weighted by Gasteiger charge is -2.34. The summed E-state index contributed by atoms with van der Waals surface area (Å²) in [5, 5.41) is 13.6. The Balaban J connectivity index is 2.01. The van der Waals surface area contributed by atoms with E-state index in [-0.39, 0.29) is 18.4 Å². The molecule has 0 radical (unpaired) electrons. The lowest BCUT2D eigenvalue weighted by atomic mass is 10.1. The predicted octanol–water partition coefficient (Wildman–Crippen LogP) is 1.87. The van der Waals surface area contributed by atoms with Crippen molar-refractivity contribution in [2.45, 2.75) is 26.3 Å². The van der Waals surface area contributed by atoms with Gasteiger partial charge >= 0.3 is 5.97 Å². The van der Waals surface area contributed by atoms with Crippen LogP contribution in [0.3, 0.4) is 0 Å². The molecule has 8 heteroatoms. The summed E-state index contributed by atoms with van der Waals surface area (Å²) >= 11 is 1.67. The molecule has 0 spiro atoms. The van der Waals surface area contributed by atoms with Crippen molar-refractivity contribution in [2.24, 2.45) is 0 Å². The van der Waals surface area contributed by atoms with Crippen LogP contribution in [-0.2, 0) is 4.79 Å². The molecule has 1 amide bonds. The van der Waals surface area contributed by atoms with Crippen LogP contribution < -0.4 is 0 Å². The third-order valence-electron chi connectivity index (χ3n) is 3.87. The summed E-state index contributed by atoms with van der Waals surface area (Å²) in [7, 11) is 0. The first-order valence-electron chi connectivity index (χ1n) is 7.31. The van der Waals surface area contributed by atoms with Crippen molar-refractivity contribution in [2.75, 3.05) is 18.1 Å². The minimum Gasteiger partial charge on any atom is -0.481 e. The number of carbonyl (C=O) groups is 2. The quantitative estimate of drug-likeness (QED) is 0.914. The van der Waals surface area contributed by atoms with Crippen LogP contribution in [0.15, 0.2) is 10.6 Å². The topological polar surface area (TPSA) is 96.5 Å². The van der Waals surface area contributed by atoms with Crippen molar-refractivity contribution < 1.29 is 19.2 Å². The highest BCUT2D eigenvalue weighted by molar-refractivity contribution is 7.99. The number of fused-ring (bicyclic) bond motifs is 1. The molecule has 1 aliphatic rings. The number of carboxylic acid groups (broad SMARTS) is 1. The number of aliphatic carboxylic acids is 1. The van der Waals surface area contributed by atoms with Crippen molar-refractivity contribution in [3.63, 3.8) is 0 Å². The SMILES string of the molecule is Cc1cc(C(=O)N2CCSCC2CC(=O)O)c2c(C)noc2n1. The molecule has 0 saturated carbocycles. The molecule has 1 unspecified atom stereocenters. The van der Waals surface area contributed by atoms with Gasteiger partial charge < -0.3 is 14.5 Å². The van der Waals surface area contributed by atoms with Gasteiger partial charge in [-0.2, -0.15) is 11.8 Å². The molecular formula is C15H17N3O4S. The van der Waals surface area contributed by atoms with Gasteiger partial charge in [0.15, 0.2) is 0 Å². The smallest absolute Gasteiger partial charge is 0.305 e. The van der Waals surface area contributed by atoms with E-state index < -0.39 is 5.97 Å². The fourth-order valence-corrected chi connectivity index (χ4v) is 3.90. The van der Waals surface area contributed by atoms with Crippen molar-refractivity contribution in [3.05, 3.63) is 23.0 Å². The summed E-state index contributed by atoms with van der Waals surface area (Å²) in [4.78, 5) is 30.0. The van der Waals surface area contributed by atoms with Gasteiger partial charge in [0.2, 0.25) is 0 Å². The molecule has 2 aromatic rings. The molecule has 0 aromatic carbocycles. The molecule has 1 N–H and O–H groups in total. The number of hydrogen-bond acceptors (Lipinski definition) is 6. The van der Waals surface area contributed by atoms with Crippen LogP contribution in [0.4, 0.5) is 0 Å². The summed E-state index contributed by atoms with van der Waals surface area (Å²) < 4.78 is 5.17. The number of thioether (sulfide) groups is 1. The van der Waals surface area contributed by atoms with Crippen LogP contribution in [0, 0.1) is 13.8 Å².